The summed E-state index contributed by atoms with van der Waals surface area (Å²) in [7, 11) is 0. The molecule has 3 N–H and O–H groups in total. The topological polar surface area (TPSA) is 104 Å². The summed E-state index contributed by atoms with van der Waals surface area (Å²) in [5.74, 6) is -1.55. The van der Waals surface area contributed by atoms with Crippen LogP contribution in [-0.4, -0.2) is 44.3 Å². The van der Waals surface area contributed by atoms with Gasteiger partial charge in [0.05, 0.1) is 17.4 Å². The fourth-order valence-corrected chi connectivity index (χ4v) is 2.02. The summed E-state index contributed by atoms with van der Waals surface area (Å²) in [5.41, 5.74) is 1.66. The number of carboxylic acids is 1. The molecule has 1 aromatic heterocycles. The van der Waals surface area contributed by atoms with E-state index in [1.165, 1.54) is 0 Å². The van der Waals surface area contributed by atoms with Crippen LogP contribution in [0.3, 0.4) is 0 Å². The van der Waals surface area contributed by atoms with Crippen LogP contribution in [0.1, 0.15) is 19.4 Å². The lowest BCUT2D eigenvalue weighted by Crippen LogP contribution is -2.34. The van der Waals surface area contributed by atoms with Crippen LogP contribution in [0.15, 0.2) is 30.6 Å². The molecule has 0 fully saturated rings. The molecule has 0 saturated heterocycles. The molecule has 2 atom stereocenters. The zero-order valence-corrected chi connectivity index (χ0v) is 11.6. The van der Waals surface area contributed by atoms with Gasteiger partial charge in [-0.05, 0) is 19.1 Å². The summed E-state index contributed by atoms with van der Waals surface area (Å²) in [5, 5.41) is 20.3. The standard InChI is InChI=1S/C14H17N3O4/c1-9(13(19)15-7-6-12(18)14(20)21)17-8-16-10-4-2-3-5-11(10)17/h2-5,8-9,12,18H,6-7H2,1H3,(H,15,19)(H,20,21)/t9?,12-/m0/s1. The van der Waals surface area contributed by atoms with E-state index in [4.69, 9.17) is 10.2 Å². The summed E-state index contributed by atoms with van der Waals surface area (Å²) >= 11 is 0. The third-order valence-corrected chi connectivity index (χ3v) is 3.28. The van der Waals surface area contributed by atoms with Crippen LogP contribution in [0, 0.1) is 0 Å². The highest BCUT2D eigenvalue weighted by molar-refractivity contribution is 5.83. The number of carbonyl (C=O) groups excluding carboxylic acids is 1. The van der Waals surface area contributed by atoms with Crippen molar-refractivity contribution in [1.82, 2.24) is 14.9 Å². The highest BCUT2D eigenvalue weighted by Crippen LogP contribution is 2.17. The Labute approximate surface area is 121 Å². The van der Waals surface area contributed by atoms with E-state index < -0.39 is 18.1 Å². The molecule has 0 bridgehead atoms. The number of aliphatic hydroxyl groups is 1. The number of aliphatic hydroxyl groups excluding tert-OH is 1. The second-order valence-electron chi connectivity index (χ2n) is 4.75. The van der Waals surface area contributed by atoms with E-state index >= 15 is 0 Å². The smallest absolute Gasteiger partial charge is 0.332 e. The van der Waals surface area contributed by atoms with Gasteiger partial charge in [0, 0.05) is 13.0 Å². The molecule has 0 aliphatic carbocycles. The van der Waals surface area contributed by atoms with Gasteiger partial charge < -0.3 is 20.1 Å². The summed E-state index contributed by atoms with van der Waals surface area (Å²) < 4.78 is 1.75. The van der Waals surface area contributed by atoms with E-state index in [1.54, 1.807) is 17.8 Å². The number of para-hydroxylation sites is 2. The normalized spacial score (nSPS) is 13.8. The van der Waals surface area contributed by atoms with Crippen LogP contribution in [0.5, 0.6) is 0 Å². The molecule has 0 spiro atoms. The molecule has 0 radical (unpaired) electrons. The fraction of sp³-hybridized carbons (Fsp3) is 0.357. The Morgan fingerprint density at radius 1 is 1.38 bits per heavy atom. The number of aliphatic carboxylic acids is 1. The number of hydrogen-bond donors (Lipinski definition) is 3. The number of carboxylic acid groups (broad SMARTS) is 1. The molecule has 1 unspecified atom stereocenters. The summed E-state index contributed by atoms with van der Waals surface area (Å²) in [6.07, 6.45) is 0.106. The SMILES string of the molecule is CC(C(=O)NCC[C@H](O)C(=O)O)n1cnc2ccccc21. The van der Waals surface area contributed by atoms with Gasteiger partial charge in [0.2, 0.25) is 5.91 Å². The van der Waals surface area contributed by atoms with Crippen LogP contribution >= 0.6 is 0 Å². The lowest BCUT2D eigenvalue weighted by atomic mass is 10.2. The molecule has 21 heavy (non-hydrogen) atoms. The van der Waals surface area contributed by atoms with Crippen LogP contribution < -0.4 is 5.32 Å². The van der Waals surface area contributed by atoms with E-state index in [9.17, 15) is 9.59 Å². The molecule has 1 heterocycles. The van der Waals surface area contributed by atoms with Gasteiger partial charge in [-0.3, -0.25) is 4.79 Å². The van der Waals surface area contributed by atoms with Crippen LogP contribution in [0.2, 0.25) is 0 Å². The van der Waals surface area contributed by atoms with Crippen LogP contribution in [0.25, 0.3) is 11.0 Å². The zero-order valence-electron chi connectivity index (χ0n) is 11.6. The molecule has 7 heteroatoms. The summed E-state index contributed by atoms with van der Waals surface area (Å²) in [4.78, 5) is 26.7. The maximum absolute atomic E-state index is 12.0. The number of imidazole rings is 1. The summed E-state index contributed by atoms with van der Waals surface area (Å²) in [6.45, 7) is 1.83. The second kappa shape index (κ2) is 6.36. The minimum atomic E-state index is -1.46. The van der Waals surface area contributed by atoms with Crippen molar-refractivity contribution >= 4 is 22.9 Å². The van der Waals surface area contributed by atoms with E-state index in [-0.39, 0.29) is 18.9 Å². The average molecular weight is 291 g/mol. The predicted molar refractivity (Wildman–Crippen MR) is 75.7 cm³/mol. The highest BCUT2D eigenvalue weighted by atomic mass is 16.4. The Hall–Kier alpha value is -2.41. The van der Waals surface area contributed by atoms with E-state index in [0.717, 1.165) is 11.0 Å². The van der Waals surface area contributed by atoms with Gasteiger partial charge in [-0.2, -0.15) is 0 Å². The number of amides is 1. The quantitative estimate of drug-likeness (QED) is 0.721. The Morgan fingerprint density at radius 3 is 2.81 bits per heavy atom. The second-order valence-corrected chi connectivity index (χ2v) is 4.75. The van der Waals surface area contributed by atoms with Crippen molar-refractivity contribution in [2.45, 2.75) is 25.5 Å². The number of nitrogens with zero attached hydrogens (tertiary/aromatic N) is 2. The van der Waals surface area contributed by atoms with E-state index in [0.29, 0.717) is 0 Å². The highest BCUT2D eigenvalue weighted by Gasteiger charge is 2.18. The maximum atomic E-state index is 12.0. The van der Waals surface area contributed by atoms with Crippen molar-refractivity contribution in [2.24, 2.45) is 0 Å². The fourth-order valence-electron chi connectivity index (χ4n) is 2.02. The first-order valence-electron chi connectivity index (χ1n) is 6.61. The summed E-state index contributed by atoms with van der Waals surface area (Å²) in [6, 6.07) is 7.01. The number of carbonyl (C=O) groups is 2. The number of aromatic nitrogens is 2. The van der Waals surface area contributed by atoms with Crippen molar-refractivity contribution < 1.29 is 19.8 Å². The van der Waals surface area contributed by atoms with Crippen molar-refractivity contribution in [1.29, 1.82) is 0 Å². The van der Waals surface area contributed by atoms with Crippen molar-refractivity contribution in [3.8, 4) is 0 Å². The molecule has 112 valence electrons. The third kappa shape index (κ3) is 3.38. The monoisotopic (exact) mass is 291 g/mol. The van der Waals surface area contributed by atoms with Gasteiger partial charge in [0.1, 0.15) is 6.04 Å². The van der Waals surface area contributed by atoms with Crippen molar-refractivity contribution in [2.75, 3.05) is 6.54 Å². The van der Waals surface area contributed by atoms with Crippen LogP contribution in [-0.2, 0) is 9.59 Å². The minimum Gasteiger partial charge on any atom is -0.479 e. The van der Waals surface area contributed by atoms with Gasteiger partial charge >= 0.3 is 5.97 Å². The molecule has 2 rings (SSSR count). The molecule has 0 aliphatic rings. The first kappa shape index (κ1) is 15.0. The third-order valence-electron chi connectivity index (χ3n) is 3.28. The van der Waals surface area contributed by atoms with E-state index in [2.05, 4.69) is 10.3 Å². The first-order valence-corrected chi connectivity index (χ1v) is 6.61. The van der Waals surface area contributed by atoms with Crippen molar-refractivity contribution in [3.05, 3.63) is 30.6 Å². The maximum Gasteiger partial charge on any atom is 0.332 e. The van der Waals surface area contributed by atoms with Gasteiger partial charge in [-0.1, -0.05) is 12.1 Å². The molecule has 1 aromatic carbocycles. The van der Waals surface area contributed by atoms with Crippen LogP contribution in [0.4, 0.5) is 0 Å². The minimum absolute atomic E-state index is 0.0293. The van der Waals surface area contributed by atoms with Gasteiger partial charge in [0.25, 0.3) is 0 Å². The number of fused-ring (bicyclic) bond motifs is 1. The van der Waals surface area contributed by atoms with Gasteiger partial charge in [-0.15, -0.1) is 0 Å². The number of rotatable bonds is 6. The molecule has 1 amide bonds. The van der Waals surface area contributed by atoms with Gasteiger partial charge in [-0.25, -0.2) is 9.78 Å². The lowest BCUT2D eigenvalue weighted by Gasteiger charge is -2.15. The first-order chi connectivity index (χ1) is 10.0. The molecule has 7 nitrogen and oxygen atoms in total. The van der Waals surface area contributed by atoms with Crippen molar-refractivity contribution in [3.63, 3.8) is 0 Å². The molecule has 2 aromatic rings. The Kier molecular flexibility index (Phi) is 4.54. The Balaban J connectivity index is 1.98. The number of nitrogens with one attached hydrogen (secondary N) is 1. The zero-order chi connectivity index (χ0) is 15.4. The largest absolute Gasteiger partial charge is 0.479 e. The molecular weight excluding hydrogens is 274 g/mol. The average Bonchev–Trinajstić information content (AvgIpc) is 2.89. The lowest BCUT2D eigenvalue weighted by molar-refractivity contribution is -0.147. The molecule has 0 saturated carbocycles. The van der Waals surface area contributed by atoms with E-state index in [1.807, 2.05) is 24.3 Å². The molecular formula is C14H17N3O4. The Morgan fingerprint density at radius 2 is 2.10 bits per heavy atom. The number of benzene rings is 1. The molecule has 0 aliphatic heterocycles. The number of hydrogen-bond acceptors (Lipinski definition) is 4. The predicted octanol–water partition coefficient (Wildman–Crippen LogP) is 0.549. The van der Waals surface area contributed by atoms with Gasteiger partial charge in [0.15, 0.2) is 6.10 Å². The Bertz CT molecular complexity index is 652.